The van der Waals surface area contributed by atoms with Gasteiger partial charge >= 0.3 is 0 Å². The number of sulfonamides is 1. The van der Waals surface area contributed by atoms with Gasteiger partial charge in [-0.1, -0.05) is 0 Å². The van der Waals surface area contributed by atoms with Crippen molar-refractivity contribution < 1.29 is 17.9 Å². The molecule has 1 atom stereocenters. The molecule has 2 aromatic rings. The Bertz CT molecular complexity index is 861. The minimum absolute atomic E-state index is 0.0802. The van der Waals surface area contributed by atoms with E-state index in [-0.39, 0.29) is 23.5 Å². The molecule has 9 heteroatoms. The predicted octanol–water partition coefficient (Wildman–Crippen LogP) is 1.37. The van der Waals surface area contributed by atoms with E-state index < -0.39 is 10.0 Å². The Hall–Kier alpha value is -2.49. The van der Waals surface area contributed by atoms with Gasteiger partial charge in [-0.2, -0.15) is 0 Å². The van der Waals surface area contributed by atoms with Crippen LogP contribution in [0.4, 0.5) is 11.5 Å². The zero-order valence-corrected chi connectivity index (χ0v) is 14.8. The molecule has 0 saturated carbocycles. The molecule has 2 heterocycles. The summed E-state index contributed by atoms with van der Waals surface area (Å²) in [5, 5.41) is 2.67. The molecule has 1 saturated heterocycles. The molecule has 1 fully saturated rings. The molecule has 1 aromatic heterocycles. The number of hydrogen-bond acceptors (Lipinski definition) is 6. The van der Waals surface area contributed by atoms with Crippen molar-refractivity contribution in [2.75, 3.05) is 24.2 Å². The van der Waals surface area contributed by atoms with Gasteiger partial charge in [0.25, 0.3) is 5.91 Å². The number of pyridine rings is 1. The second-order valence-corrected chi connectivity index (χ2v) is 7.70. The number of rotatable bonds is 6. The van der Waals surface area contributed by atoms with E-state index >= 15 is 0 Å². The fourth-order valence-corrected chi connectivity index (χ4v) is 3.63. The van der Waals surface area contributed by atoms with E-state index in [0.29, 0.717) is 23.7 Å². The van der Waals surface area contributed by atoms with E-state index in [0.717, 1.165) is 12.8 Å². The summed E-state index contributed by atoms with van der Waals surface area (Å²) in [6.07, 6.45) is 3.16. The normalized spacial score (nSPS) is 17.2. The maximum Gasteiger partial charge on any atom is 0.255 e. The molecule has 1 aliphatic heterocycles. The molecule has 1 aliphatic rings. The lowest BCUT2D eigenvalue weighted by molar-refractivity contribution is 0.102. The summed E-state index contributed by atoms with van der Waals surface area (Å²) in [4.78, 5) is 16.2. The van der Waals surface area contributed by atoms with Crippen LogP contribution in [0, 0.1) is 0 Å². The predicted molar refractivity (Wildman–Crippen MR) is 97.2 cm³/mol. The van der Waals surface area contributed by atoms with Gasteiger partial charge in [0, 0.05) is 18.7 Å². The summed E-state index contributed by atoms with van der Waals surface area (Å²) in [5.41, 5.74) is 6.33. The minimum Gasteiger partial charge on any atom is -0.384 e. The molecule has 1 aromatic carbocycles. The Balaban J connectivity index is 1.63. The second-order valence-electron chi connectivity index (χ2n) is 5.94. The van der Waals surface area contributed by atoms with Gasteiger partial charge in [-0.25, -0.2) is 18.1 Å². The van der Waals surface area contributed by atoms with Crippen LogP contribution < -0.4 is 15.8 Å². The van der Waals surface area contributed by atoms with Crippen molar-refractivity contribution >= 4 is 27.4 Å². The minimum atomic E-state index is -3.64. The molecule has 0 aliphatic carbocycles. The third-order valence-corrected chi connectivity index (χ3v) is 5.44. The SMILES string of the molecule is Nc1ccc(NC(=O)c2ccc(S(=O)(=O)NCC3CCCO3)cc2)cn1. The molecular weight excluding hydrogens is 356 g/mol. The lowest BCUT2D eigenvalue weighted by Crippen LogP contribution is -2.31. The van der Waals surface area contributed by atoms with Crippen molar-refractivity contribution in [2.45, 2.75) is 23.8 Å². The van der Waals surface area contributed by atoms with Crippen LogP contribution in [0.15, 0.2) is 47.5 Å². The van der Waals surface area contributed by atoms with Crippen LogP contribution in [-0.4, -0.2) is 38.6 Å². The summed E-state index contributed by atoms with van der Waals surface area (Å²) in [6, 6.07) is 8.92. The molecule has 4 N–H and O–H groups in total. The lowest BCUT2D eigenvalue weighted by Gasteiger charge is -2.11. The molecule has 1 amide bonds. The summed E-state index contributed by atoms with van der Waals surface area (Å²) in [7, 11) is -3.64. The lowest BCUT2D eigenvalue weighted by atomic mass is 10.2. The highest BCUT2D eigenvalue weighted by atomic mass is 32.2. The van der Waals surface area contributed by atoms with Gasteiger partial charge in [0.15, 0.2) is 0 Å². The van der Waals surface area contributed by atoms with Crippen molar-refractivity contribution in [3.05, 3.63) is 48.2 Å². The maximum atomic E-state index is 12.3. The number of ether oxygens (including phenoxy) is 1. The fourth-order valence-electron chi connectivity index (χ4n) is 2.56. The van der Waals surface area contributed by atoms with E-state index in [9.17, 15) is 13.2 Å². The van der Waals surface area contributed by atoms with E-state index in [4.69, 9.17) is 10.5 Å². The highest BCUT2D eigenvalue weighted by Gasteiger charge is 2.20. The maximum absolute atomic E-state index is 12.3. The van der Waals surface area contributed by atoms with E-state index in [2.05, 4.69) is 15.0 Å². The highest BCUT2D eigenvalue weighted by Crippen LogP contribution is 2.15. The summed E-state index contributed by atoms with van der Waals surface area (Å²) in [6.45, 7) is 0.911. The third-order valence-electron chi connectivity index (χ3n) is 4.00. The Kier molecular flexibility index (Phi) is 5.50. The number of amides is 1. The van der Waals surface area contributed by atoms with Crippen molar-refractivity contribution in [3.8, 4) is 0 Å². The van der Waals surface area contributed by atoms with E-state index in [1.807, 2.05) is 0 Å². The van der Waals surface area contributed by atoms with Gasteiger partial charge in [0.05, 0.1) is 22.9 Å². The quantitative estimate of drug-likeness (QED) is 0.700. The summed E-state index contributed by atoms with van der Waals surface area (Å²) in [5.74, 6) is -0.0131. The molecule has 0 radical (unpaired) electrons. The second kappa shape index (κ2) is 7.81. The molecule has 0 bridgehead atoms. The average molecular weight is 376 g/mol. The number of carbonyl (C=O) groups excluding carboxylic acids is 1. The van der Waals surface area contributed by atoms with Crippen LogP contribution in [0.2, 0.25) is 0 Å². The topological polar surface area (TPSA) is 123 Å². The number of nitrogens with two attached hydrogens (primary N) is 1. The van der Waals surface area contributed by atoms with Crippen LogP contribution in [0.1, 0.15) is 23.2 Å². The molecule has 138 valence electrons. The van der Waals surface area contributed by atoms with Gasteiger partial charge in [-0.15, -0.1) is 0 Å². The van der Waals surface area contributed by atoms with Crippen molar-refractivity contribution in [1.29, 1.82) is 0 Å². The smallest absolute Gasteiger partial charge is 0.255 e. The van der Waals surface area contributed by atoms with Gasteiger partial charge in [-0.05, 0) is 49.2 Å². The molecule has 1 unspecified atom stereocenters. The summed E-state index contributed by atoms with van der Waals surface area (Å²) >= 11 is 0. The molecule has 26 heavy (non-hydrogen) atoms. The van der Waals surface area contributed by atoms with E-state index in [1.54, 1.807) is 12.1 Å². The van der Waals surface area contributed by atoms with Gasteiger partial charge < -0.3 is 15.8 Å². The average Bonchev–Trinajstić information content (AvgIpc) is 3.16. The zero-order chi connectivity index (χ0) is 18.6. The van der Waals surface area contributed by atoms with Crippen molar-refractivity contribution in [3.63, 3.8) is 0 Å². The number of aromatic nitrogens is 1. The van der Waals surface area contributed by atoms with Crippen LogP contribution in [0.25, 0.3) is 0 Å². The third kappa shape index (κ3) is 4.57. The Morgan fingerprint density at radius 2 is 2.00 bits per heavy atom. The fraction of sp³-hybridized carbons (Fsp3) is 0.294. The molecule has 3 rings (SSSR count). The molecule has 8 nitrogen and oxygen atoms in total. The first-order valence-corrected chi connectivity index (χ1v) is 9.66. The van der Waals surface area contributed by atoms with Crippen LogP contribution >= 0.6 is 0 Å². The van der Waals surface area contributed by atoms with E-state index in [1.165, 1.54) is 30.5 Å². The van der Waals surface area contributed by atoms with Crippen LogP contribution in [-0.2, 0) is 14.8 Å². The van der Waals surface area contributed by atoms with Gasteiger partial charge in [0.2, 0.25) is 10.0 Å². The molecule has 0 spiro atoms. The van der Waals surface area contributed by atoms with Gasteiger partial charge in [-0.3, -0.25) is 4.79 Å². The number of nitrogens with zero attached hydrogens (tertiary/aromatic N) is 1. The highest BCUT2D eigenvalue weighted by molar-refractivity contribution is 7.89. The van der Waals surface area contributed by atoms with Crippen LogP contribution in [0.3, 0.4) is 0 Å². The number of hydrogen-bond donors (Lipinski definition) is 3. The standard InChI is InChI=1S/C17H20N4O4S/c18-16-8-5-13(10-19-16)21-17(22)12-3-6-15(7-4-12)26(23,24)20-11-14-2-1-9-25-14/h3-8,10,14,20H,1-2,9,11H2,(H2,18,19)(H,21,22). The van der Waals surface area contributed by atoms with Crippen LogP contribution in [0.5, 0.6) is 0 Å². The first kappa shape index (κ1) is 18.3. The Morgan fingerprint density at radius 1 is 1.23 bits per heavy atom. The number of anilines is 2. The first-order chi connectivity index (χ1) is 12.4. The number of nitrogens with one attached hydrogen (secondary N) is 2. The van der Waals surface area contributed by atoms with Crippen molar-refractivity contribution in [2.24, 2.45) is 0 Å². The Labute approximate surface area is 151 Å². The largest absolute Gasteiger partial charge is 0.384 e. The number of nitrogen functional groups attached to an aromatic ring is 1. The monoisotopic (exact) mass is 376 g/mol. The van der Waals surface area contributed by atoms with Crippen molar-refractivity contribution in [1.82, 2.24) is 9.71 Å². The first-order valence-electron chi connectivity index (χ1n) is 8.18. The Morgan fingerprint density at radius 3 is 2.62 bits per heavy atom. The van der Waals surface area contributed by atoms with Gasteiger partial charge in [0.1, 0.15) is 5.82 Å². The number of benzene rings is 1. The summed E-state index contributed by atoms with van der Waals surface area (Å²) < 4.78 is 32.6. The number of carbonyl (C=O) groups is 1. The molecular formula is C17H20N4O4S. The zero-order valence-electron chi connectivity index (χ0n) is 14.0.